The number of hydrogen-bond acceptors (Lipinski definition) is 7. The number of carbonyl (C=O) groups excluding carboxylic acids is 1. The first-order valence-corrected chi connectivity index (χ1v) is 10.1. The summed E-state index contributed by atoms with van der Waals surface area (Å²) in [6.45, 7) is 2.57. The van der Waals surface area contributed by atoms with Gasteiger partial charge in [0, 0.05) is 32.7 Å². The van der Waals surface area contributed by atoms with E-state index in [1.807, 2.05) is 0 Å². The summed E-state index contributed by atoms with van der Waals surface area (Å²) >= 11 is 0. The Morgan fingerprint density at radius 3 is 2.77 bits per heavy atom. The molecule has 1 atom stereocenters. The van der Waals surface area contributed by atoms with Gasteiger partial charge in [0.25, 0.3) is 5.91 Å². The third-order valence-electron chi connectivity index (χ3n) is 5.15. The molecule has 2 aromatic rings. The molecule has 3 rings (SSSR count). The van der Waals surface area contributed by atoms with E-state index in [2.05, 4.69) is 15.4 Å². The maximum atomic E-state index is 13.8. The molecular weight excluding hydrogens is 391 g/mol. The van der Waals surface area contributed by atoms with Gasteiger partial charge >= 0.3 is 0 Å². The van der Waals surface area contributed by atoms with Gasteiger partial charge < -0.3 is 29.5 Å². The zero-order valence-electron chi connectivity index (χ0n) is 17.7. The summed E-state index contributed by atoms with van der Waals surface area (Å²) in [4.78, 5) is 16.8. The molecule has 8 nitrogen and oxygen atoms in total. The van der Waals surface area contributed by atoms with E-state index < -0.39 is 17.8 Å². The quantitative estimate of drug-likeness (QED) is 0.676. The van der Waals surface area contributed by atoms with Gasteiger partial charge in [-0.3, -0.25) is 4.79 Å². The fourth-order valence-corrected chi connectivity index (χ4v) is 3.59. The molecule has 1 aromatic heterocycles. The van der Waals surface area contributed by atoms with Crippen LogP contribution in [0, 0.1) is 5.82 Å². The Kier molecular flexibility index (Phi) is 7.28. The summed E-state index contributed by atoms with van der Waals surface area (Å²) in [5, 5.41) is 17.1. The molecule has 0 saturated carbocycles. The number of carbonyl (C=O) groups is 1. The van der Waals surface area contributed by atoms with Crippen molar-refractivity contribution in [2.75, 3.05) is 52.3 Å². The molecule has 1 fully saturated rings. The van der Waals surface area contributed by atoms with Crippen LogP contribution in [0.4, 0.5) is 10.2 Å². The molecule has 1 amide bonds. The highest BCUT2D eigenvalue weighted by atomic mass is 19.1. The van der Waals surface area contributed by atoms with E-state index in [4.69, 9.17) is 9.26 Å². The second-order valence-electron chi connectivity index (χ2n) is 7.68. The van der Waals surface area contributed by atoms with Crippen molar-refractivity contribution < 1.29 is 23.6 Å². The molecule has 0 aliphatic carbocycles. The molecule has 0 bridgehead atoms. The van der Waals surface area contributed by atoms with E-state index in [1.165, 1.54) is 31.7 Å². The van der Waals surface area contributed by atoms with Gasteiger partial charge in [-0.2, -0.15) is 0 Å². The van der Waals surface area contributed by atoms with Crippen LogP contribution < -0.4 is 15.0 Å². The number of ether oxygens (including phenoxy) is 1. The predicted octanol–water partition coefficient (Wildman–Crippen LogP) is 2.13. The lowest BCUT2D eigenvalue weighted by molar-refractivity contribution is 0.0831. The number of piperidine rings is 1. The van der Waals surface area contributed by atoms with Crippen LogP contribution >= 0.6 is 0 Å². The van der Waals surface area contributed by atoms with Crippen LogP contribution in [0.25, 0.3) is 11.3 Å². The number of benzene rings is 1. The number of aromatic nitrogens is 1. The van der Waals surface area contributed by atoms with Crippen LogP contribution in [-0.4, -0.2) is 74.6 Å². The van der Waals surface area contributed by atoms with E-state index in [9.17, 15) is 14.3 Å². The van der Waals surface area contributed by atoms with Gasteiger partial charge in [0.2, 0.25) is 0 Å². The lowest BCUT2D eigenvalue weighted by Gasteiger charge is -2.28. The van der Waals surface area contributed by atoms with Gasteiger partial charge in [-0.1, -0.05) is 11.6 Å². The van der Waals surface area contributed by atoms with E-state index in [-0.39, 0.29) is 23.6 Å². The lowest BCUT2D eigenvalue weighted by Crippen LogP contribution is -2.42. The maximum absolute atomic E-state index is 13.8. The van der Waals surface area contributed by atoms with E-state index in [0.717, 1.165) is 25.9 Å². The summed E-state index contributed by atoms with van der Waals surface area (Å²) in [6, 6.07) is 4.20. The molecule has 2 N–H and O–H groups in total. The number of hydrogen-bond donors (Lipinski definition) is 2. The highest BCUT2D eigenvalue weighted by Gasteiger charge is 2.26. The summed E-state index contributed by atoms with van der Waals surface area (Å²) in [7, 11) is 4.86. The Morgan fingerprint density at radius 2 is 2.10 bits per heavy atom. The van der Waals surface area contributed by atoms with Crippen molar-refractivity contribution in [3.05, 3.63) is 29.6 Å². The van der Waals surface area contributed by atoms with Crippen molar-refractivity contribution >= 4 is 11.7 Å². The Bertz CT molecular complexity index is 865. The molecule has 1 unspecified atom stereocenters. The van der Waals surface area contributed by atoms with Crippen molar-refractivity contribution in [3.8, 4) is 17.1 Å². The molecule has 0 spiro atoms. The lowest BCUT2D eigenvalue weighted by atomic mass is 10.1. The number of nitrogens with zero attached hydrogens (tertiary/aromatic N) is 3. The van der Waals surface area contributed by atoms with Crippen LogP contribution in [0.5, 0.6) is 5.75 Å². The molecule has 2 heterocycles. The SMILES string of the molecule is COc1cc(-c2onc(N(C)C)c2C(=O)NCC(O)CN2CCCCC2)ccc1F. The molecule has 0 radical (unpaired) electrons. The molecule has 1 saturated heterocycles. The summed E-state index contributed by atoms with van der Waals surface area (Å²) in [6.07, 6.45) is 2.82. The minimum atomic E-state index is -0.677. The van der Waals surface area contributed by atoms with Gasteiger partial charge in [-0.15, -0.1) is 0 Å². The van der Waals surface area contributed by atoms with Crippen LogP contribution in [0.15, 0.2) is 22.7 Å². The van der Waals surface area contributed by atoms with Crippen molar-refractivity contribution in [1.29, 1.82) is 0 Å². The molecule has 1 aliphatic rings. The predicted molar refractivity (Wildman–Crippen MR) is 111 cm³/mol. The molecule has 30 heavy (non-hydrogen) atoms. The first kappa shape index (κ1) is 22.0. The summed E-state index contributed by atoms with van der Waals surface area (Å²) in [5.74, 6) is -0.341. The Morgan fingerprint density at radius 1 is 1.37 bits per heavy atom. The van der Waals surface area contributed by atoms with Crippen molar-refractivity contribution in [2.24, 2.45) is 0 Å². The number of aliphatic hydroxyl groups excluding tert-OH is 1. The third-order valence-corrected chi connectivity index (χ3v) is 5.15. The topological polar surface area (TPSA) is 91.1 Å². The zero-order valence-corrected chi connectivity index (χ0v) is 17.7. The Hall–Kier alpha value is -2.65. The first-order valence-electron chi connectivity index (χ1n) is 10.1. The minimum Gasteiger partial charge on any atom is -0.494 e. The van der Waals surface area contributed by atoms with Crippen LogP contribution in [0.1, 0.15) is 29.6 Å². The number of likely N-dealkylation sites (tertiary alicyclic amines) is 1. The smallest absolute Gasteiger partial charge is 0.259 e. The minimum absolute atomic E-state index is 0.0404. The van der Waals surface area contributed by atoms with Crippen LogP contribution in [-0.2, 0) is 0 Å². The van der Waals surface area contributed by atoms with Gasteiger partial charge in [-0.25, -0.2) is 4.39 Å². The normalized spacial score (nSPS) is 15.6. The molecule has 9 heteroatoms. The molecule has 1 aliphatic heterocycles. The van der Waals surface area contributed by atoms with Gasteiger partial charge in [0.15, 0.2) is 23.1 Å². The number of β-amino-alcohol motifs (C(OH)–C–C–N with tert-alkyl or cyclic N) is 1. The number of anilines is 1. The van der Waals surface area contributed by atoms with E-state index in [1.54, 1.807) is 19.0 Å². The number of nitrogens with one attached hydrogen (secondary N) is 1. The maximum Gasteiger partial charge on any atom is 0.259 e. The summed E-state index contributed by atoms with van der Waals surface area (Å²) < 4.78 is 24.2. The Balaban J connectivity index is 1.76. The van der Waals surface area contributed by atoms with Crippen molar-refractivity contribution in [3.63, 3.8) is 0 Å². The second-order valence-corrected chi connectivity index (χ2v) is 7.68. The van der Waals surface area contributed by atoms with E-state index in [0.29, 0.717) is 17.9 Å². The summed E-state index contributed by atoms with van der Waals surface area (Å²) in [5.41, 5.74) is 0.687. The van der Waals surface area contributed by atoms with Gasteiger partial charge in [0.05, 0.1) is 13.2 Å². The average Bonchev–Trinajstić information content (AvgIpc) is 3.19. The average molecular weight is 420 g/mol. The first-order chi connectivity index (χ1) is 14.4. The van der Waals surface area contributed by atoms with E-state index >= 15 is 0 Å². The Labute approximate surface area is 175 Å². The number of amides is 1. The molecular formula is C21H29FN4O4. The second kappa shape index (κ2) is 9.90. The number of halogens is 1. The highest BCUT2D eigenvalue weighted by molar-refractivity contribution is 6.04. The van der Waals surface area contributed by atoms with Crippen molar-refractivity contribution in [2.45, 2.75) is 25.4 Å². The monoisotopic (exact) mass is 420 g/mol. The highest BCUT2D eigenvalue weighted by Crippen LogP contribution is 2.33. The molecule has 164 valence electrons. The number of aliphatic hydroxyl groups is 1. The number of rotatable bonds is 8. The fourth-order valence-electron chi connectivity index (χ4n) is 3.59. The van der Waals surface area contributed by atoms with Crippen molar-refractivity contribution in [1.82, 2.24) is 15.4 Å². The van der Waals surface area contributed by atoms with Gasteiger partial charge in [0.1, 0.15) is 5.56 Å². The standard InChI is InChI=1S/C21H29FN4O4/c1-25(2)20-18(19(30-24-20)14-7-8-16(22)17(11-14)29-3)21(28)23-12-15(27)13-26-9-5-4-6-10-26/h7-8,11,15,27H,4-6,9-10,12-13H2,1-3H3,(H,23,28). The van der Waals surface area contributed by atoms with Crippen LogP contribution in [0.3, 0.4) is 0 Å². The fraction of sp³-hybridized carbons (Fsp3) is 0.524. The number of methoxy groups -OCH3 is 1. The third kappa shape index (κ3) is 5.09. The largest absolute Gasteiger partial charge is 0.494 e. The molecule has 1 aromatic carbocycles. The van der Waals surface area contributed by atoms with Gasteiger partial charge in [-0.05, 0) is 44.1 Å². The van der Waals surface area contributed by atoms with Crippen LogP contribution in [0.2, 0.25) is 0 Å². The zero-order chi connectivity index (χ0) is 21.7.